The third-order valence-electron chi connectivity index (χ3n) is 6.12. The Balaban J connectivity index is 1.30. The molecule has 1 aliphatic rings. The number of nitrogens with one attached hydrogen (secondary N) is 2. The van der Waals surface area contributed by atoms with Crippen LogP contribution in [0.3, 0.4) is 0 Å². The molecule has 6 heteroatoms. The van der Waals surface area contributed by atoms with E-state index >= 15 is 0 Å². The molecule has 4 aromatic rings. The van der Waals surface area contributed by atoms with Crippen molar-refractivity contribution in [2.75, 3.05) is 38.2 Å². The van der Waals surface area contributed by atoms with Crippen molar-refractivity contribution in [1.82, 2.24) is 14.5 Å². The fourth-order valence-electron chi connectivity index (χ4n) is 4.47. The molecule has 0 saturated carbocycles. The van der Waals surface area contributed by atoms with E-state index < -0.39 is 0 Å². The van der Waals surface area contributed by atoms with Crippen molar-refractivity contribution in [2.24, 2.45) is 0 Å². The Hall–Kier alpha value is -3.09. The molecule has 2 aromatic carbocycles. The van der Waals surface area contributed by atoms with Gasteiger partial charge in [-0.05, 0) is 61.4 Å². The van der Waals surface area contributed by atoms with Crippen LogP contribution in [0.2, 0.25) is 0 Å². The number of fused-ring (bicyclic) bond motifs is 2. The first-order valence-corrected chi connectivity index (χ1v) is 10.9. The Bertz CT molecular complexity index is 1250. The van der Waals surface area contributed by atoms with Crippen LogP contribution in [0.1, 0.15) is 21.6 Å². The molecule has 1 aliphatic heterocycles. The number of nitrogens with zero attached hydrogens (tertiary/aromatic N) is 2. The van der Waals surface area contributed by atoms with Crippen LogP contribution in [0.4, 0.5) is 5.69 Å². The van der Waals surface area contributed by atoms with Gasteiger partial charge in [-0.3, -0.25) is 9.69 Å². The summed E-state index contributed by atoms with van der Waals surface area (Å²) in [6, 6.07) is 14.3. The number of ether oxygens (including phenoxy) is 1. The van der Waals surface area contributed by atoms with Crippen LogP contribution in [0.25, 0.3) is 21.8 Å². The molecule has 0 unspecified atom stereocenters. The highest BCUT2D eigenvalue weighted by Gasteiger charge is 2.13. The van der Waals surface area contributed by atoms with Crippen LogP contribution < -0.4 is 5.32 Å². The molecule has 0 bridgehead atoms. The first kappa shape index (κ1) is 19.8. The number of anilines is 1. The molecular weight excluding hydrogens is 388 g/mol. The summed E-state index contributed by atoms with van der Waals surface area (Å²) in [6.07, 6.45) is 2.12. The highest BCUT2D eigenvalue weighted by molar-refractivity contribution is 6.07. The van der Waals surface area contributed by atoms with Crippen LogP contribution in [0.5, 0.6) is 0 Å². The molecule has 1 amide bonds. The third kappa shape index (κ3) is 4.09. The maximum Gasteiger partial charge on any atom is 0.272 e. The number of carbonyl (C=O) groups is 1. The van der Waals surface area contributed by atoms with Crippen LogP contribution in [0.15, 0.2) is 48.7 Å². The molecule has 0 atom stereocenters. The van der Waals surface area contributed by atoms with E-state index in [0.29, 0.717) is 5.69 Å². The average molecular weight is 417 g/mol. The van der Waals surface area contributed by atoms with Gasteiger partial charge >= 0.3 is 0 Å². The number of H-pyrrole nitrogens is 1. The number of carbonyl (C=O) groups excluding carboxylic acids is 1. The minimum atomic E-state index is -0.126. The van der Waals surface area contributed by atoms with Crippen LogP contribution in [-0.4, -0.2) is 53.2 Å². The van der Waals surface area contributed by atoms with Crippen molar-refractivity contribution < 1.29 is 9.53 Å². The van der Waals surface area contributed by atoms with Crippen molar-refractivity contribution in [3.8, 4) is 0 Å². The highest BCUT2D eigenvalue weighted by atomic mass is 16.5. The summed E-state index contributed by atoms with van der Waals surface area (Å²) >= 11 is 0. The summed E-state index contributed by atoms with van der Waals surface area (Å²) < 4.78 is 7.70. The zero-order chi connectivity index (χ0) is 21.4. The lowest BCUT2D eigenvalue weighted by molar-refractivity contribution is 0.0365. The predicted octanol–water partition coefficient (Wildman–Crippen LogP) is 4.32. The molecule has 0 spiro atoms. The van der Waals surface area contributed by atoms with E-state index in [2.05, 4.69) is 64.1 Å². The fourth-order valence-corrected chi connectivity index (χ4v) is 4.47. The first-order valence-electron chi connectivity index (χ1n) is 10.9. The molecule has 2 N–H and O–H groups in total. The van der Waals surface area contributed by atoms with Crippen molar-refractivity contribution >= 4 is 33.4 Å². The number of benzene rings is 2. The molecule has 160 valence electrons. The summed E-state index contributed by atoms with van der Waals surface area (Å²) in [4.78, 5) is 18.5. The molecule has 5 rings (SSSR count). The highest BCUT2D eigenvalue weighted by Crippen LogP contribution is 2.24. The van der Waals surface area contributed by atoms with Crippen LogP contribution in [0, 0.1) is 13.8 Å². The van der Waals surface area contributed by atoms with Crippen molar-refractivity contribution in [3.05, 3.63) is 65.5 Å². The zero-order valence-corrected chi connectivity index (χ0v) is 18.1. The Kier molecular flexibility index (Phi) is 5.26. The second-order valence-electron chi connectivity index (χ2n) is 8.42. The van der Waals surface area contributed by atoms with Gasteiger partial charge in [-0.1, -0.05) is 6.07 Å². The van der Waals surface area contributed by atoms with E-state index in [0.717, 1.165) is 61.4 Å². The van der Waals surface area contributed by atoms with Gasteiger partial charge in [-0.2, -0.15) is 0 Å². The maximum atomic E-state index is 12.8. The number of morpholine rings is 1. The maximum absolute atomic E-state index is 12.8. The molecule has 6 nitrogen and oxygen atoms in total. The monoisotopic (exact) mass is 416 g/mol. The van der Waals surface area contributed by atoms with E-state index in [1.165, 1.54) is 16.6 Å². The molecule has 1 saturated heterocycles. The number of aryl methyl sites for hydroxylation is 2. The summed E-state index contributed by atoms with van der Waals surface area (Å²) in [5, 5.41) is 5.25. The summed E-state index contributed by atoms with van der Waals surface area (Å²) in [5.74, 6) is -0.126. The quantitative estimate of drug-likeness (QED) is 0.509. The van der Waals surface area contributed by atoms with Crippen LogP contribution in [-0.2, 0) is 11.3 Å². The Labute approximate surface area is 181 Å². The van der Waals surface area contributed by atoms with Gasteiger partial charge in [0, 0.05) is 59.9 Å². The average Bonchev–Trinajstić information content (AvgIpc) is 3.37. The summed E-state index contributed by atoms with van der Waals surface area (Å²) in [6.45, 7) is 9.76. The molecule has 31 heavy (non-hydrogen) atoms. The second-order valence-corrected chi connectivity index (χ2v) is 8.42. The predicted molar refractivity (Wildman–Crippen MR) is 125 cm³/mol. The van der Waals surface area contributed by atoms with Gasteiger partial charge in [0.15, 0.2) is 0 Å². The van der Waals surface area contributed by atoms with Gasteiger partial charge in [0.1, 0.15) is 5.69 Å². The number of hydrogen-bond donors (Lipinski definition) is 2. The van der Waals surface area contributed by atoms with Crippen molar-refractivity contribution in [1.29, 1.82) is 0 Å². The molecule has 1 fully saturated rings. The topological polar surface area (TPSA) is 62.3 Å². The van der Waals surface area contributed by atoms with Crippen molar-refractivity contribution in [3.63, 3.8) is 0 Å². The number of aromatic nitrogens is 2. The number of hydrogen-bond acceptors (Lipinski definition) is 3. The molecule has 0 radical (unpaired) electrons. The summed E-state index contributed by atoms with van der Waals surface area (Å²) in [5.41, 5.74) is 5.91. The standard InChI is InChI=1S/C25H28N4O2/c1-17-13-18(2)21-16-23(27-22(21)14-17)25(30)26-20-3-4-24-19(15-20)5-6-29(24)8-7-28-9-11-31-12-10-28/h3-6,13-16,27H,7-12H2,1-2H3,(H,26,30). The largest absolute Gasteiger partial charge is 0.379 e. The third-order valence-corrected chi connectivity index (χ3v) is 6.12. The first-order chi connectivity index (χ1) is 15.1. The molecule has 2 aromatic heterocycles. The minimum absolute atomic E-state index is 0.126. The minimum Gasteiger partial charge on any atom is -0.379 e. The van der Waals surface area contributed by atoms with Gasteiger partial charge in [0.25, 0.3) is 5.91 Å². The number of amides is 1. The van der Waals surface area contributed by atoms with Gasteiger partial charge in [0.2, 0.25) is 0 Å². The molecule has 3 heterocycles. The smallest absolute Gasteiger partial charge is 0.272 e. The van der Waals surface area contributed by atoms with E-state index in [4.69, 9.17) is 4.74 Å². The van der Waals surface area contributed by atoms with E-state index in [1.807, 2.05) is 18.2 Å². The number of aromatic amines is 1. The van der Waals surface area contributed by atoms with Gasteiger partial charge < -0.3 is 19.6 Å². The number of rotatable bonds is 5. The lowest BCUT2D eigenvalue weighted by Gasteiger charge is -2.26. The Morgan fingerprint density at radius 1 is 1.06 bits per heavy atom. The van der Waals surface area contributed by atoms with Gasteiger partial charge in [0.05, 0.1) is 13.2 Å². The lowest BCUT2D eigenvalue weighted by Crippen LogP contribution is -2.38. The van der Waals surface area contributed by atoms with E-state index in [-0.39, 0.29) is 5.91 Å². The second kappa shape index (κ2) is 8.21. The van der Waals surface area contributed by atoms with E-state index in [9.17, 15) is 4.79 Å². The molecular formula is C25H28N4O2. The van der Waals surface area contributed by atoms with E-state index in [1.54, 1.807) is 0 Å². The SMILES string of the molecule is Cc1cc(C)c2cc(C(=O)Nc3ccc4c(ccn4CCN4CCOCC4)c3)[nH]c2c1. The Morgan fingerprint density at radius 2 is 1.90 bits per heavy atom. The van der Waals surface area contributed by atoms with Gasteiger partial charge in [-0.25, -0.2) is 0 Å². The van der Waals surface area contributed by atoms with Crippen LogP contribution >= 0.6 is 0 Å². The Morgan fingerprint density at radius 3 is 2.74 bits per heavy atom. The summed E-state index contributed by atoms with van der Waals surface area (Å²) in [7, 11) is 0. The lowest BCUT2D eigenvalue weighted by atomic mass is 10.1. The normalized spacial score (nSPS) is 15.0. The molecule has 0 aliphatic carbocycles. The fraction of sp³-hybridized carbons (Fsp3) is 0.320. The zero-order valence-electron chi connectivity index (χ0n) is 18.1. The van der Waals surface area contributed by atoms with Gasteiger partial charge in [-0.15, -0.1) is 0 Å². The van der Waals surface area contributed by atoms with Crippen molar-refractivity contribution in [2.45, 2.75) is 20.4 Å².